The van der Waals surface area contributed by atoms with Gasteiger partial charge in [-0.1, -0.05) is 28.1 Å². The lowest BCUT2D eigenvalue weighted by Crippen LogP contribution is -2.12. The minimum Gasteiger partial charge on any atom is -0.485 e. The van der Waals surface area contributed by atoms with E-state index in [0.29, 0.717) is 5.75 Å². The molecule has 3 rings (SSSR count). The average molecular weight is 372 g/mol. The second-order valence-corrected chi connectivity index (χ2v) is 6.62. The van der Waals surface area contributed by atoms with E-state index in [-0.39, 0.29) is 12.4 Å². The molecule has 0 bridgehead atoms. The van der Waals surface area contributed by atoms with Crippen molar-refractivity contribution in [1.82, 2.24) is 4.57 Å². The number of carbonyl (C=O) groups is 1. The summed E-state index contributed by atoms with van der Waals surface area (Å²) in [5.41, 5.74) is 2.77. The molecule has 0 unspecified atom stereocenters. The third-order valence-corrected chi connectivity index (χ3v) is 4.71. The number of halogens is 1. The molecular formula is C19H18BrNO2. The van der Waals surface area contributed by atoms with Gasteiger partial charge in [0.05, 0.1) is 0 Å². The lowest BCUT2D eigenvalue weighted by molar-refractivity contribution is 0.0921. The quantitative estimate of drug-likeness (QED) is 0.615. The Morgan fingerprint density at radius 3 is 2.48 bits per heavy atom. The fourth-order valence-electron chi connectivity index (χ4n) is 2.65. The number of hydrogen-bond donors (Lipinski definition) is 0. The van der Waals surface area contributed by atoms with Crippen molar-refractivity contribution in [1.29, 1.82) is 0 Å². The molecule has 0 aliphatic heterocycles. The molecule has 1 heterocycles. The van der Waals surface area contributed by atoms with E-state index in [1.54, 1.807) is 0 Å². The molecule has 0 aliphatic carbocycles. The molecule has 4 heteroatoms. The van der Waals surface area contributed by atoms with Gasteiger partial charge in [-0.3, -0.25) is 4.79 Å². The summed E-state index contributed by atoms with van der Waals surface area (Å²) in [5, 5.41) is 2.22. The van der Waals surface area contributed by atoms with Gasteiger partial charge in [0, 0.05) is 28.5 Å². The van der Waals surface area contributed by atoms with E-state index in [9.17, 15) is 4.79 Å². The van der Waals surface area contributed by atoms with Gasteiger partial charge in [-0.15, -0.1) is 0 Å². The molecular weight excluding hydrogens is 354 g/mol. The normalized spacial score (nSPS) is 11.0. The summed E-state index contributed by atoms with van der Waals surface area (Å²) in [6.07, 6.45) is 0. The van der Waals surface area contributed by atoms with E-state index >= 15 is 0 Å². The van der Waals surface area contributed by atoms with Gasteiger partial charge >= 0.3 is 0 Å². The topological polar surface area (TPSA) is 31.2 Å². The molecule has 23 heavy (non-hydrogen) atoms. The maximum absolute atomic E-state index is 12.4. The summed E-state index contributed by atoms with van der Waals surface area (Å²) < 4.78 is 8.75. The van der Waals surface area contributed by atoms with Crippen molar-refractivity contribution >= 4 is 32.5 Å². The van der Waals surface area contributed by atoms with Crippen molar-refractivity contribution < 1.29 is 9.53 Å². The Morgan fingerprint density at radius 2 is 1.78 bits per heavy atom. The highest BCUT2D eigenvalue weighted by atomic mass is 79.9. The third kappa shape index (κ3) is 3.17. The van der Waals surface area contributed by atoms with Crippen LogP contribution < -0.4 is 4.74 Å². The summed E-state index contributed by atoms with van der Waals surface area (Å²) in [4.78, 5) is 12.4. The van der Waals surface area contributed by atoms with Crippen molar-refractivity contribution in [3.63, 3.8) is 0 Å². The maximum atomic E-state index is 12.4. The maximum Gasteiger partial charge on any atom is 0.202 e. The highest BCUT2D eigenvalue weighted by Crippen LogP contribution is 2.24. The molecule has 118 valence electrons. The van der Waals surface area contributed by atoms with E-state index in [2.05, 4.69) is 22.0 Å². The zero-order chi connectivity index (χ0) is 16.6. The zero-order valence-electron chi connectivity index (χ0n) is 13.4. The first-order chi connectivity index (χ1) is 11.0. The summed E-state index contributed by atoms with van der Waals surface area (Å²) >= 11 is 3.46. The number of hydrogen-bond acceptors (Lipinski definition) is 2. The molecule has 2 aromatic carbocycles. The van der Waals surface area contributed by atoms with E-state index < -0.39 is 0 Å². The number of benzene rings is 2. The average Bonchev–Trinajstić information content (AvgIpc) is 2.80. The molecule has 0 amide bonds. The Kier molecular flexibility index (Phi) is 4.26. The van der Waals surface area contributed by atoms with E-state index in [1.807, 2.05) is 61.9 Å². The standard InChI is InChI=1S/C19H18BrNO2/c1-12-8-18(13(2)21(12)3)19(22)11-23-17-7-5-14-9-16(20)6-4-15(14)10-17/h4-10H,11H2,1-3H3. The number of ketones is 1. The number of rotatable bonds is 4. The smallest absolute Gasteiger partial charge is 0.202 e. The molecule has 0 fully saturated rings. The van der Waals surface area contributed by atoms with Crippen molar-refractivity contribution in [3.05, 3.63) is 63.9 Å². The van der Waals surface area contributed by atoms with Crippen LogP contribution in [0.3, 0.4) is 0 Å². The number of ether oxygens (including phenoxy) is 1. The van der Waals surface area contributed by atoms with E-state index in [4.69, 9.17) is 4.74 Å². The van der Waals surface area contributed by atoms with Crippen LogP contribution in [0.5, 0.6) is 5.75 Å². The fraction of sp³-hybridized carbons (Fsp3) is 0.211. The summed E-state index contributed by atoms with van der Waals surface area (Å²) in [5.74, 6) is 0.709. The minimum atomic E-state index is 0.00195. The minimum absolute atomic E-state index is 0.00195. The monoisotopic (exact) mass is 371 g/mol. The van der Waals surface area contributed by atoms with Crippen LogP contribution in [0, 0.1) is 13.8 Å². The molecule has 0 radical (unpaired) electrons. The predicted molar refractivity (Wildman–Crippen MR) is 96.4 cm³/mol. The lowest BCUT2D eigenvalue weighted by atomic mass is 10.1. The van der Waals surface area contributed by atoms with Crippen molar-refractivity contribution in [2.45, 2.75) is 13.8 Å². The molecule has 0 saturated heterocycles. The number of aryl methyl sites for hydroxylation is 1. The number of Topliss-reactive ketones (excluding diaryl/α,β-unsaturated/α-hetero) is 1. The van der Waals surface area contributed by atoms with Gasteiger partial charge < -0.3 is 9.30 Å². The van der Waals surface area contributed by atoms with E-state index in [1.165, 1.54) is 0 Å². The van der Waals surface area contributed by atoms with Gasteiger partial charge in [-0.25, -0.2) is 0 Å². The van der Waals surface area contributed by atoms with Crippen molar-refractivity contribution in [3.8, 4) is 5.75 Å². The zero-order valence-corrected chi connectivity index (χ0v) is 15.0. The number of fused-ring (bicyclic) bond motifs is 1. The second-order valence-electron chi connectivity index (χ2n) is 5.71. The first-order valence-electron chi connectivity index (χ1n) is 7.44. The van der Waals surface area contributed by atoms with Crippen LogP contribution in [0.2, 0.25) is 0 Å². The number of carbonyl (C=O) groups excluding carboxylic acids is 1. The second kappa shape index (κ2) is 6.20. The summed E-state index contributed by atoms with van der Waals surface area (Å²) in [6, 6.07) is 13.8. The van der Waals surface area contributed by atoms with Crippen LogP contribution in [0.4, 0.5) is 0 Å². The molecule has 0 aliphatic rings. The molecule has 0 N–H and O–H groups in total. The van der Waals surface area contributed by atoms with Crippen LogP contribution in [-0.4, -0.2) is 17.0 Å². The van der Waals surface area contributed by atoms with Crippen molar-refractivity contribution in [2.24, 2.45) is 7.05 Å². The van der Waals surface area contributed by atoms with Crippen LogP contribution >= 0.6 is 15.9 Å². The van der Waals surface area contributed by atoms with Crippen LogP contribution in [0.15, 0.2) is 46.9 Å². The van der Waals surface area contributed by atoms with Gasteiger partial charge in [0.15, 0.2) is 6.61 Å². The Balaban J connectivity index is 1.76. The Hall–Kier alpha value is -2.07. The SMILES string of the molecule is Cc1cc(C(=O)COc2ccc3cc(Br)ccc3c2)c(C)n1C. The molecule has 3 nitrogen and oxygen atoms in total. The number of nitrogens with zero attached hydrogens (tertiary/aromatic N) is 1. The van der Waals surface area contributed by atoms with Crippen LogP contribution in [0.25, 0.3) is 10.8 Å². The number of aromatic nitrogens is 1. The highest BCUT2D eigenvalue weighted by molar-refractivity contribution is 9.10. The summed E-state index contributed by atoms with van der Waals surface area (Å²) in [6.45, 7) is 3.99. The lowest BCUT2D eigenvalue weighted by Gasteiger charge is -2.07. The first kappa shape index (κ1) is 15.8. The van der Waals surface area contributed by atoms with Crippen molar-refractivity contribution in [2.75, 3.05) is 6.61 Å². The Morgan fingerprint density at radius 1 is 1.09 bits per heavy atom. The van der Waals surface area contributed by atoms with Gasteiger partial charge in [0.2, 0.25) is 5.78 Å². The van der Waals surface area contributed by atoms with Gasteiger partial charge in [0.25, 0.3) is 0 Å². The predicted octanol–water partition coefficient (Wildman–Crippen LogP) is 4.82. The highest BCUT2D eigenvalue weighted by Gasteiger charge is 2.14. The molecule has 1 aromatic heterocycles. The first-order valence-corrected chi connectivity index (χ1v) is 8.23. The van der Waals surface area contributed by atoms with Crippen LogP contribution in [0.1, 0.15) is 21.7 Å². The largest absolute Gasteiger partial charge is 0.485 e. The third-order valence-electron chi connectivity index (χ3n) is 4.22. The van der Waals surface area contributed by atoms with E-state index in [0.717, 1.165) is 32.2 Å². The van der Waals surface area contributed by atoms with Gasteiger partial charge in [-0.2, -0.15) is 0 Å². The molecule has 0 atom stereocenters. The fourth-order valence-corrected chi connectivity index (χ4v) is 3.03. The Bertz CT molecular complexity index is 896. The molecule has 3 aromatic rings. The van der Waals surface area contributed by atoms with Crippen LogP contribution in [-0.2, 0) is 7.05 Å². The summed E-state index contributed by atoms with van der Waals surface area (Å²) in [7, 11) is 1.96. The molecule has 0 saturated carbocycles. The van der Waals surface area contributed by atoms with Gasteiger partial charge in [-0.05, 0) is 55.0 Å². The Labute approximate surface area is 144 Å². The van der Waals surface area contributed by atoms with Gasteiger partial charge in [0.1, 0.15) is 5.75 Å². The molecule has 0 spiro atoms.